The van der Waals surface area contributed by atoms with Gasteiger partial charge in [-0.3, -0.25) is 4.79 Å². The highest BCUT2D eigenvalue weighted by Gasteiger charge is 2.52. The molecule has 2 aromatic carbocycles. The van der Waals surface area contributed by atoms with Gasteiger partial charge in [0, 0.05) is 33.2 Å². The Kier molecular flexibility index (Phi) is 11.6. The van der Waals surface area contributed by atoms with Crippen LogP contribution in [-0.4, -0.2) is 36.1 Å². The predicted molar refractivity (Wildman–Crippen MR) is 170 cm³/mol. The highest BCUT2D eigenvalue weighted by atomic mass is 32.2. The highest BCUT2D eigenvalue weighted by Crippen LogP contribution is 2.44. The summed E-state index contributed by atoms with van der Waals surface area (Å²) < 4.78 is 95.9. The van der Waals surface area contributed by atoms with Crippen LogP contribution in [0.2, 0.25) is 0 Å². The molecule has 0 saturated carbocycles. The molecule has 256 valence electrons. The number of esters is 1. The van der Waals surface area contributed by atoms with Crippen LogP contribution in [0.15, 0.2) is 51.8 Å². The van der Waals surface area contributed by atoms with Crippen molar-refractivity contribution in [1.29, 1.82) is 0 Å². The molecule has 46 heavy (non-hydrogen) atoms. The third-order valence-corrected chi connectivity index (χ3v) is 9.55. The van der Waals surface area contributed by atoms with Crippen molar-refractivity contribution in [1.82, 2.24) is 0 Å². The van der Waals surface area contributed by atoms with E-state index < -0.39 is 58.7 Å². The van der Waals surface area contributed by atoms with E-state index in [1.807, 2.05) is 6.92 Å². The summed E-state index contributed by atoms with van der Waals surface area (Å²) in [6.07, 6.45) is -5.89. The fourth-order valence-corrected chi connectivity index (χ4v) is 5.93. The SMILES string of the molecule is CCCCCc1ccc(-c2cc3ccc(SCC(C)(COC(=O)C(C)(C)C(N)CC(C)(C)N)C(F)(F)F)cc3o2)c(C(F)(F)F)c1. The largest absolute Gasteiger partial charge is 0.464 e. The zero-order chi connectivity index (χ0) is 34.7. The van der Waals surface area contributed by atoms with E-state index in [1.54, 1.807) is 32.0 Å². The molecule has 3 aromatic rings. The van der Waals surface area contributed by atoms with E-state index in [0.717, 1.165) is 44.0 Å². The third kappa shape index (κ3) is 9.44. The first-order chi connectivity index (χ1) is 21.1. The van der Waals surface area contributed by atoms with Gasteiger partial charge in [-0.1, -0.05) is 31.9 Å². The Morgan fingerprint density at radius 3 is 2.22 bits per heavy atom. The molecule has 0 bridgehead atoms. The summed E-state index contributed by atoms with van der Waals surface area (Å²) >= 11 is 0.874. The lowest BCUT2D eigenvalue weighted by molar-refractivity contribution is -0.226. The zero-order valence-electron chi connectivity index (χ0n) is 27.1. The average Bonchev–Trinajstić information content (AvgIpc) is 3.36. The maximum atomic E-state index is 14.3. The molecule has 1 heterocycles. The number of aryl methyl sites for hydroxylation is 1. The highest BCUT2D eigenvalue weighted by molar-refractivity contribution is 7.99. The number of rotatable bonds is 14. The van der Waals surface area contributed by atoms with Crippen LogP contribution in [0.25, 0.3) is 22.3 Å². The number of fused-ring (bicyclic) bond motifs is 1. The minimum atomic E-state index is -4.72. The summed E-state index contributed by atoms with van der Waals surface area (Å²) in [4.78, 5) is 13.3. The molecule has 0 radical (unpaired) electrons. The molecule has 0 aliphatic carbocycles. The van der Waals surface area contributed by atoms with Gasteiger partial charge >= 0.3 is 18.3 Å². The van der Waals surface area contributed by atoms with Crippen molar-refractivity contribution in [3.63, 3.8) is 0 Å². The second-order valence-electron chi connectivity index (χ2n) is 13.6. The van der Waals surface area contributed by atoms with E-state index in [1.165, 1.54) is 32.0 Å². The summed E-state index contributed by atoms with van der Waals surface area (Å²) in [5.74, 6) is -1.35. The third-order valence-electron chi connectivity index (χ3n) is 8.18. The monoisotopic (exact) mass is 674 g/mol. The minimum Gasteiger partial charge on any atom is -0.464 e. The van der Waals surface area contributed by atoms with E-state index >= 15 is 0 Å². The first-order valence-corrected chi connectivity index (χ1v) is 16.2. The minimum absolute atomic E-state index is 0.00970. The fourth-order valence-electron chi connectivity index (χ4n) is 4.84. The van der Waals surface area contributed by atoms with Crippen molar-refractivity contribution < 1.29 is 40.3 Å². The van der Waals surface area contributed by atoms with Crippen LogP contribution in [0, 0.1) is 10.8 Å². The van der Waals surface area contributed by atoms with Crippen molar-refractivity contribution in [3.8, 4) is 11.3 Å². The molecule has 4 N–H and O–H groups in total. The van der Waals surface area contributed by atoms with E-state index in [-0.39, 0.29) is 23.3 Å². The van der Waals surface area contributed by atoms with Crippen molar-refractivity contribution in [2.45, 2.75) is 102 Å². The number of unbranched alkanes of at least 4 members (excludes halogenated alkanes) is 2. The lowest BCUT2D eigenvalue weighted by Gasteiger charge is -2.36. The summed E-state index contributed by atoms with van der Waals surface area (Å²) in [7, 11) is 0. The first-order valence-electron chi connectivity index (χ1n) is 15.2. The zero-order valence-corrected chi connectivity index (χ0v) is 27.9. The standard InChI is InChI=1S/C34H44F6N2O3S/c1-7-8-9-10-21-11-14-24(25(15-21)33(35,36)37)27-16-22-12-13-23(17-26(22)45-27)46-20-32(6,34(38,39)40)19-44-29(43)31(4,5)28(41)18-30(2,3)42/h11-17,28H,7-10,18-20,41-42H2,1-6H3. The van der Waals surface area contributed by atoms with E-state index in [2.05, 4.69) is 0 Å². The van der Waals surface area contributed by atoms with E-state index in [9.17, 15) is 31.1 Å². The van der Waals surface area contributed by atoms with Crippen LogP contribution in [0.4, 0.5) is 26.3 Å². The number of nitrogens with two attached hydrogens (primary N) is 2. The topological polar surface area (TPSA) is 91.5 Å². The first kappa shape index (κ1) is 37.8. The van der Waals surface area contributed by atoms with Crippen LogP contribution >= 0.6 is 11.8 Å². The smallest absolute Gasteiger partial charge is 0.417 e. The molecule has 0 aliphatic heterocycles. The Hall–Kier alpha value is -2.70. The molecule has 2 unspecified atom stereocenters. The average molecular weight is 675 g/mol. The normalized spacial score (nSPS) is 15.2. The van der Waals surface area contributed by atoms with Gasteiger partial charge in [0.2, 0.25) is 0 Å². The molecule has 3 rings (SSSR count). The van der Waals surface area contributed by atoms with Gasteiger partial charge < -0.3 is 20.6 Å². The van der Waals surface area contributed by atoms with Gasteiger partial charge in [0.25, 0.3) is 0 Å². The van der Waals surface area contributed by atoms with Gasteiger partial charge in [-0.15, -0.1) is 11.8 Å². The van der Waals surface area contributed by atoms with Crippen LogP contribution in [-0.2, 0) is 22.1 Å². The predicted octanol–water partition coefficient (Wildman–Crippen LogP) is 9.54. The quantitative estimate of drug-likeness (QED) is 0.0766. The van der Waals surface area contributed by atoms with Gasteiger partial charge in [-0.05, 0) is 89.8 Å². The van der Waals surface area contributed by atoms with Crippen LogP contribution < -0.4 is 11.5 Å². The Labute approximate surface area is 270 Å². The number of hydrogen-bond donors (Lipinski definition) is 2. The Balaban J connectivity index is 1.80. The number of halogens is 6. The maximum absolute atomic E-state index is 14.3. The molecule has 2 atom stereocenters. The molecular weight excluding hydrogens is 630 g/mol. The van der Waals surface area contributed by atoms with E-state index in [4.69, 9.17) is 20.6 Å². The number of hydrogen-bond acceptors (Lipinski definition) is 6. The summed E-state index contributed by atoms with van der Waals surface area (Å²) in [5, 5.41) is 0.506. The second-order valence-corrected chi connectivity index (χ2v) is 14.6. The lowest BCUT2D eigenvalue weighted by atomic mass is 9.79. The Morgan fingerprint density at radius 1 is 0.957 bits per heavy atom. The molecule has 0 amide bonds. The number of furan rings is 1. The molecule has 5 nitrogen and oxygen atoms in total. The number of carbonyl (C=O) groups is 1. The summed E-state index contributed by atoms with van der Waals surface area (Å²) in [5.41, 5.74) is 7.70. The summed E-state index contributed by atoms with van der Waals surface area (Å²) in [6, 6.07) is 9.62. The molecule has 1 aromatic heterocycles. The fraction of sp³-hybridized carbons (Fsp3) is 0.559. The number of benzene rings is 2. The number of alkyl halides is 6. The number of thioether (sulfide) groups is 1. The molecular formula is C34H44F6N2O3S. The number of carbonyl (C=O) groups excluding carboxylic acids is 1. The Morgan fingerprint density at radius 2 is 1.63 bits per heavy atom. The van der Waals surface area contributed by atoms with Crippen molar-refractivity contribution in [2.24, 2.45) is 22.3 Å². The molecule has 12 heteroatoms. The molecule has 0 aliphatic rings. The van der Waals surface area contributed by atoms with Gasteiger partial charge in [-0.2, -0.15) is 26.3 Å². The van der Waals surface area contributed by atoms with Crippen LogP contribution in [0.5, 0.6) is 0 Å². The van der Waals surface area contributed by atoms with Crippen molar-refractivity contribution >= 4 is 28.7 Å². The maximum Gasteiger partial charge on any atom is 0.417 e. The van der Waals surface area contributed by atoms with E-state index in [0.29, 0.717) is 22.3 Å². The molecule has 0 fully saturated rings. The lowest BCUT2D eigenvalue weighted by Crippen LogP contribution is -2.51. The number of ether oxygens (including phenoxy) is 1. The molecule has 0 spiro atoms. The van der Waals surface area contributed by atoms with Crippen LogP contribution in [0.3, 0.4) is 0 Å². The summed E-state index contributed by atoms with van der Waals surface area (Å²) in [6.45, 7) is 8.56. The van der Waals surface area contributed by atoms with Gasteiger partial charge in [-0.25, -0.2) is 0 Å². The van der Waals surface area contributed by atoms with Crippen LogP contribution in [0.1, 0.15) is 78.4 Å². The Bertz CT molecular complexity index is 1490. The van der Waals surface area contributed by atoms with Gasteiger partial charge in [0.05, 0.1) is 11.0 Å². The van der Waals surface area contributed by atoms with Crippen molar-refractivity contribution in [3.05, 3.63) is 53.6 Å². The van der Waals surface area contributed by atoms with Crippen molar-refractivity contribution in [2.75, 3.05) is 12.4 Å². The second kappa shape index (κ2) is 14.2. The van der Waals surface area contributed by atoms with Gasteiger partial charge in [0.1, 0.15) is 23.4 Å². The molecule has 0 saturated heterocycles. The van der Waals surface area contributed by atoms with Gasteiger partial charge in [0.15, 0.2) is 0 Å².